The Labute approximate surface area is 164 Å². The second-order valence-corrected chi connectivity index (χ2v) is 6.80. The van der Waals surface area contributed by atoms with Crippen molar-refractivity contribution in [2.24, 2.45) is 0 Å². The van der Waals surface area contributed by atoms with Gasteiger partial charge in [-0.3, -0.25) is 20.4 Å². The first kappa shape index (κ1) is 20.1. The fourth-order valence-electron chi connectivity index (χ4n) is 2.23. The first-order valence-corrected chi connectivity index (χ1v) is 8.81. The Morgan fingerprint density at radius 1 is 1.12 bits per heavy atom. The number of hydrogen-bond acceptors (Lipinski definition) is 4. The summed E-state index contributed by atoms with van der Waals surface area (Å²) in [5.74, 6) is -0.0879. The van der Waals surface area contributed by atoms with Crippen LogP contribution in [0.5, 0.6) is 11.5 Å². The molecule has 0 spiro atoms. The molecule has 0 fully saturated rings. The summed E-state index contributed by atoms with van der Waals surface area (Å²) in [5, 5.41) is 0.664. The first-order valence-electron chi connectivity index (χ1n) is 7.64. The number of hydrazine groups is 1. The van der Waals surface area contributed by atoms with E-state index >= 15 is 0 Å². The number of amides is 2. The van der Waals surface area contributed by atoms with Gasteiger partial charge in [-0.15, -0.1) is 0 Å². The molecular formula is C18H18BrClN2O4. The number of nitrogens with one attached hydrogen (secondary N) is 2. The van der Waals surface area contributed by atoms with Crippen LogP contribution in [0.25, 0.3) is 0 Å². The van der Waals surface area contributed by atoms with E-state index in [0.717, 1.165) is 11.1 Å². The molecule has 0 saturated heterocycles. The molecule has 0 heterocycles. The standard InChI is InChI=1S/C18H18BrClN2O4/c1-10-6-13(7-11(2)17(10)20)26-9-16(23)21-22-18(24)14-8-12(19)4-5-15(14)25-3/h4-8H,9H2,1-3H3,(H,21,23)(H,22,24). The Morgan fingerprint density at radius 3 is 2.38 bits per heavy atom. The molecule has 0 aliphatic rings. The minimum absolute atomic E-state index is 0.254. The summed E-state index contributed by atoms with van der Waals surface area (Å²) in [6, 6.07) is 8.48. The number of rotatable bonds is 5. The van der Waals surface area contributed by atoms with Crippen molar-refractivity contribution in [3.05, 3.63) is 56.5 Å². The van der Waals surface area contributed by atoms with Crippen molar-refractivity contribution in [3.8, 4) is 11.5 Å². The average Bonchev–Trinajstić information content (AvgIpc) is 2.62. The minimum atomic E-state index is -0.505. The highest BCUT2D eigenvalue weighted by molar-refractivity contribution is 9.10. The third-order valence-electron chi connectivity index (χ3n) is 3.50. The summed E-state index contributed by atoms with van der Waals surface area (Å²) in [6.07, 6.45) is 0. The largest absolute Gasteiger partial charge is 0.496 e. The summed E-state index contributed by atoms with van der Waals surface area (Å²) < 4.78 is 11.3. The van der Waals surface area contributed by atoms with Crippen molar-refractivity contribution in [2.75, 3.05) is 13.7 Å². The third kappa shape index (κ3) is 5.12. The lowest BCUT2D eigenvalue weighted by Crippen LogP contribution is -2.43. The molecule has 138 valence electrons. The number of hydrogen-bond donors (Lipinski definition) is 2. The minimum Gasteiger partial charge on any atom is -0.496 e. The van der Waals surface area contributed by atoms with E-state index in [0.29, 0.717) is 21.0 Å². The molecule has 0 aliphatic carbocycles. The fraction of sp³-hybridized carbons (Fsp3) is 0.222. The number of halogens is 2. The summed E-state index contributed by atoms with van der Waals surface area (Å²) in [4.78, 5) is 24.1. The number of benzene rings is 2. The van der Waals surface area contributed by atoms with Crippen molar-refractivity contribution in [3.63, 3.8) is 0 Å². The van der Waals surface area contributed by atoms with Crippen LogP contribution in [-0.4, -0.2) is 25.5 Å². The quantitative estimate of drug-likeness (QED) is 0.696. The van der Waals surface area contributed by atoms with Crippen LogP contribution in [0.3, 0.4) is 0 Å². The normalized spacial score (nSPS) is 10.2. The van der Waals surface area contributed by atoms with Crippen molar-refractivity contribution in [2.45, 2.75) is 13.8 Å². The average molecular weight is 442 g/mol. The van der Waals surface area contributed by atoms with Gasteiger partial charge in [0.05, 0.1) is 12.7 Å². The van der Waals surface area contributed by atoms with Crippen LogP contribution in [0.4, 0.5) is 0 Å². The van der Waals surface area contributed by atoms with E-state index in [4.69, 9.17) is 21.1 Å². The van der Waals surface area contributed by atoms with Crippen LogP contribution < -0.4 is 20.3 Å². The van der Waals surface area contributed by atoms with Gasteiger partial charge in [-0.05, 0) is 55.3 Å². The molecule has 0 aromatic heterocycles. The van der Waals surface area contributed by atoms with Crippen LogP contribution in [0.1, 0.15) is 21.5 Å². The summed E-state index contributed by atoms with van der Waals surface area (Å²) in [7, 11) is 1.46. The van der Waals surface area contributed by atoms with Crippen LogP contribution in [0.15, 0.2) is 34.8 Å². The van der Waals surface area contributed by atoms with Crippen LogP contribution in [-0.2, 0) is 4.79 Å². The predicted molar refractivity (Wildman–Crippen MR) is 103 cm³/mol. The van der Waals surface area contributed by atoms with Crippen molar-refractivity contribution in [1.82, 2.24) is 10.9 Å². The smallest absolute Gasteiger partial charge is 0.276 e. The van der Waals surface area contributed by atoms with Gasteiger partial charge in [0.1, 0.15) is 11.5 Å². The van der Waals surface area contributed by atoms with Gasteiger partial charge in [0.25, 0.3) is 11.8 Å². The summed E-state index contributed by atoms with van der Waals surface area (Å²) in [6.45, 7) is 3.46. The Bertz CT molecular complexity index is 819. The van der Waals surface area contributed by atoms with E-state index in [1.807, 2.05) is 13.8 Å². The maximum atomic E-state index is 12.2. The number of ether oxygens (including phenoxy) is 2. The molecular weight excluding hydrogens is 424 g/mol. The van der Waals surface area contributed by atoms with E-state index in [2.05, 4.69) is 26.8 Å². The summed E-state index contributed by atoms with van der Waals surface area (Å²) in [5.41, 5.74) is 6.63. The Morgan fingerprint density at radius 2 is 1.77 bits per heavy atom. The Hall–Kier alpha value is -2.25. The molecule has 2 amide bonds. The zero-order valence-corrected chi connectivity index (χ0v) is 16.8. The SMILES string of the molecule is COc1ccc(Br)cc1C(=O)NNC(=O)COc1cc(C)c(Cl)c(C)c1. The van der Waals surface area contributed by atoms with Gasteiger partial charge in [0.2, 0.25) is 0 Å². The van der Waals surface area contributed by atoms with Gasteiger partial charge < -0.3 is 9.47 Å². The number of aryl methyl sites for hydroxylation is 2. The Balaban J connectivity index is 1.91. The highest BCUT2D eigenvalue weighted by Crippen LogP contribution is 2.26. The molecule has 26 heavy (non-hydrogen) atoms. The monoisotopic (exact) mass is 440 g/mol. The van der Waals surface area contributed by atoms with Crippen LogP contribution >= 0.6 is 27.5 Å². The number of carbonyl (C=O) groups excluding carboxylic acids is 2. The van der Waals surface area contributed by atoms with E-state index < -0.39 is 11.8 Å². The second kappa shape index (κ2) is 8.91. The van der Waals surface area contributed by atoms with E-state index in [1.54, 1.807) is 30.3 Å². The molecule has 0 bridgehead atoms. The maximum Gasteiger partial charge on any atom is 0.276 e. The Kier molecular flexibility index (Phi) is 6.88. The molecule has 0 saturated carbocycles. The van der Waals surface area contributed by atoms with E-state index in [1.165, 1.54) is 7.11 Å². The van der Waals surface area contributed by atoms with Crippen molar-refractivity contribution in [1.29, 1.82) is 0 Å². The molecule has 8 heteroatoms. The van der Waals surface area contributed by atoms with Gasteiger partial charge >= 0.3 is 0 Å². The zero-order chi connectivity index (χ0) is 19.3. The molecule has 6 nitrogen and oxygen atoms in total. The molecule has 2 aromatic rings. The maximum absolute atomic E-state index is 12.2. The van der Waals surface area contributed by atoms with Gasteiger partial charge in [-0.1, -0.05) is 27.5 Å². The molecule has 2 aromatic carbocycles. The van der Waals surface area contributed by atoms with Gasteiger partial charge in [-0.2, -0.15) is 0 Å². The first-order chi connectivity index (χ1) is 12.3. The number of methoxy groups -OCH3 is 1. The topological polar surface area (TPSA) is 76.7 Å². The lowest BCUT2D eigenvalue weighted by Gasteiger charge is -2.12. The fourth-order valence-corrected chi connectivity index (χ4v) is 2.70. The lowest BCUT2D eigenvalue weighted by atomic mass is 10.1. The van der Waals surface area contributed by atoms with Gasteiger partial charge in [0.15, 0.2) is 6.61 Å². The van der Waals surface area contributed by atoms with E-state index in [-0.39, 0.29) is 12.2 Å². The van der Waals surface area contributed by atoms with Crippen LogP contribution in [0, 0.1) is 13.8 Å². The zero-order valence-electron chi connectivity index (χ0n) is 14.5. The highest BCUT2D eigenvalue weighted by Gasteiger charge is 2.14. The third-order valence-corrected chi connectivity index (χ3v) is 4.59. The lowest BCUT2D eigenvalue weighted by molar-refractivity contribution is -0.123. The van der Waals surface area contributed by atoms with Gasteiger partial charge in [0, 0.05) is 9.50 Å². The number of carbonyl (C=O) groups is 2. The molecule has 0 unspecified atom stereocenters. The molecule has 2 N–H and O–H groups in total. The highest BCUT2D eigenvalue weighted by atomic mass is 79.9. The molecule has 2 rings (SSSR count). The molecule has 0 aliphatic heterocycles. The second-order valence-electron chi connectivity index (χ2n) is 5.51. The molecule has 0 radical (unpaired) electrons. The molecule has 0 atom stereocenters. The van der Waals surface area contributed by atoms with E-state index in [9.17, 15) is 9.59 Å². The summed E-state index contributed by atoms with van der Waals surface area (Å²) >= 11 is 9.38. The van der Waals surface area contributed by atoms with Gasteiger partial charge in [-0.25, -0.2) is 0 Å². The van der Waals surface area contributed by atoms with Crippen molar-refractivity contribution >= 4 is 39.3 Å². The predicted octanol–water partition coefficient (Wildman–Crippen LogP) is 3.57. The van der Waals surface area contributed by atoms with Crippen LogP contribution in [0.2, 0.25) is 5.02 Å². The van der Waals surface area contributed by atoms with Crippen molar-refractivity contribution < 1.29 is 19.1 Å².